The molecule has 2 aromatic carbocycles. The Bertz CT molecular complexity index is 1300. The van der Waals surface area contributed by atoms with E-state index in [1.165, 1.54) is 23.4 Å². The number of aromatic nitrogens is 3. The molecule has 4 aromatic rings. The summed E-state index contributed by atoms with van der Waals surface area (Å²) in [5, 5.41) is -0.998. The maximum atomic E-state index is 15.0. The first-order valence-electron chi connectivity index (χ1n) is 9.03. The first kappa shape index (κ1) is 19.5. The Kier molecular flexibility index (Phi) is 4.43. The number of carbonyl (C=O) groups excluding carboxylic acids is 1. The van der Waals surface area contributed by atoms with Gasteiger partial charge >= 0.3 is 12.3 Å². The summed E-state index contributed by atoms with van der Waals surface area (Å²) >= 11 is 0.438. The molecule has 1 amide bonds. The number of nitrogens with one attached hydrogen (secondary N) is 1. The lowest BCUT2D eigenvalue weighted by Crippen LogP contribution is -2.27. The molecule has 1 N–H and O–H groups in total. The minimum Gasteiger partial charge on any atom is -0.447 e. The van der Waals surface area contributed by atoms with E-state index in [0.29, 0.717) is 28.1 Å². The highest BCUT2D eigenvalue weighted by molar-refractivity contribution is 7.15. The standard InChI is InChI=1S/C20H12F4N4O2S/c21-13-5-10(17-7-25-18(31-17)20(22,23)24)1-3-12(13)16-8-30-19(29)28(16)11-2-4-14-15(6-11)27-9-26-14/h1-7,9,16H,8H2,(H,26,27). The summed E-state index contributed by atoms with van der Waals surface area (Å²) in [5.74, 6) is -0.657. The van der Waals surface area contributed by atoms with Gasteiger partial charge in [0, 0.05) is 11.8 Å². The Morgan fingerprint density at radius 2 is 2.00 bits per heavy atom. The van der Waals surface area contributed by atoms with Crippen LogP contribution >= 0.6 is 11.3 Å². The SMILES string of the molecule is O=C1OCC(c2ccc(-c3cnc(C(F)(F)F)s3)cc2F)N1c1ccc2nc[nH]c2c1. The quantitative estimate of drug-likeness (QED) is 0.418. The Morgan fingerprint density at radius 3 is 2.74 bits per heavy atom. The molecular formula is C20H12F4N4O2S. The third-order valence-corrected chi connectivity index (χ3v) is 6.04. The van der Waals surface area contributed by atoms with Crippen LogP contribution in [0.15, 0.2) is 48.9 Å². The van der Waals surface area contributed by atoms with Crippen LogP contribution in [0.4, 0.5) is 28.0 Å². The smallest absolute Gasteiger partial charge is 0.443 e. The number of cyclic esters (lactones) is 1. The van der Waals surface area contributed by atoms with Gasteiger partial charge < -0.3 is 9.72 Å². The van der Waals surface area contributed by atoms with Gasteiger partial charge in [-0.1, -0.05) is 12.1 Å². The molecule has 31 heavy (non-hydrogen) atoms. The maximum Gasteiger partial charge on any atom is 0.443 e. The number of fused-ring (bicyclic) bond motifs is 1. The molecule has 1 atom stereocenters. The molecule has 158 valence electrons. The molecule has 11 heteroatoms. The molecule has 3 heterocycles. The van der Waals surface area contributed by atoms with Crippen molar-refractivity contribution in [2.45, 2.75) is 12.2 Å². The first-order valence-corrected chi connectivity index (χ1v) is 9.85. The fourth-order valence-corrected chi connectivity index (χ4v) is 4.28. The second-order valence-electron chi connectivity index (χ2n) is 6.83. The number of anilines is 1. The third-order valence-electron chi connectivity index (χ3n) is 4.95. The summed E-state index contributed by atoms with van der Waals surface area (Å²) in [5.41, 5.74) is 2.39. The number of amides is 1. The van der Waals surface area contributed by atoms with Crippen molar-refractivity contribution in [1.29, 1.82) is 0 Å². The average Bonchev–Trinajstić information content (AvgIpc) is 3.46. The zero-order chi connectivity index (χ0) is 21.8. The Labute approximate surface area is 176 Å². The zero-order valence-electron chi connectivity index (χ0n) is 15.5. The van der Waals surface area contributed by atoms with Crippen LogP contribution in [0.5, 0.6) is 0 Å². The van der Waals surface area contributed by atoms with Crippen LogP contribution in [-0.2, 0) is 10.9 Å². The number of rotatable bonds is 3. The molecule has 1 aliphatic rings. The van der Waals surface area contributed by atoms with Crippen LogP contribution in [-0.4, -0.2) is 27.7 Å². The third kappa shape index (κ3) is 3.40. The minimum atomic E-state index is -4.56. The van der Waals surface area contributed by atoms with Crippen molar-refractivity contribution in [3.63, 3.8) is 0 Å². The van der Waals surface area contributed by atoms with Crippen LogP contribution in [0, 0.1) is 5.82 Å². The van der Waals surface area contributed by atoms with Crippen LogP contribution in [0.25, 0.3) is 21.5 Å². The van der Waals surface area contributed by atoms with Gasteiger partial charge in [-0.15, -0.1) is 11.3 Å². The van der Waals surface area contributed by atoms with Crippen molar-refractivity contribution < 1.29 is 27.1 Å². The highest BCUT2D eigenvalue weighted by Crippen LogP contribution is 2.39. The number of nitrogens with zero attached hydrogens (tertiary/aromatic N) is 3. The molecule has 0 aliphatic carbocycles. The van der Waals surface area contributed by atoms with E-state index in [1.54, 1.807) is 18.2 Å². The van der Waals surface area contributed by atoms with Crippen LogP contribution in [0.3, 0.4) is 0 Å². The van der Waals surface area contributed by atoms with Crippen molar-refractivity contribution in [3.8, 4) is 10.4 Å². The number of H-pyrrole nitrogens is 1. The van der Waals surface area contributed by atoms with Crippen LogP contribution in [0.2, 0.25) is 0 Å². The number of halogens is 4. The Morgan fingerprint density at radius 1 is 1.16 bits per heavy atom. The number of alkyl halides is 3. The number of imidazole rings is 1. The highest BCUT2D eigenvalue weighted by Gasteiger charge is 2.37. The zero-order valence-corrected chi connectivity index (χ0v) is 16.3. The fraction of sp³-hybridized carbons (Fsp3) is 0.150. The molecule has 1 aliphatic heterocycles. The van der Waals surface area contributed by atoms with Crippen LogP contribution < -0.4 is 4.90 Å². The van der Waals surface area contributed by atoms with Gasteiger partial charge in [-0.2, -0.15) is 13.2 Å². The van der Waals surface area contributed by atoms with Crippen molar-refractivity contribution in [2.24, 2.45) is 0 Å². The summed E-state index contributed by atoms with van der Waals surface area (Å²) in [4.78, 5) is 24.4. The van der Waals surface area contributed by atoms with Crippen molar-refractivity contribution in [2.75, 3.05) is 11.5 Å². The summed E-state index contributed by atoms with van der Waals surface area (Å²) in [6, 6.07) is 8.49. The van der Waals surface area contributed by atoms with E-state index in [4.69, 9.17) is 4.74 Å². The van der Waals surface area contributed by atoms with Gasteiger partial charge in [0.15, 0.2) is 5.01 Å². The number of carbonyl (C=O) groups is 1. The normalized spacial score (nSPS) is 16.8. The summed E-state index contributed by atoms with van der Waals surface area (Å²) < 4.78 is 58.5. The van der Waals surface area contributed by atoms with E-state index < -0.39 is 29.1 Å². The molecule has 0 spiro atoms. The second kappa shape index (κ2) is 7.05. The van der Waals surface area contributed by atoms with Crippen molar-refractivity contribution in [3.05, 3.63) is 65.3 Å². The molecule has 1 unspecified atom stereocenters. The van der Waals surface area contributed by atoms with E-state index in [1.807, 2.05) is 0 Å². The van der Waals surface area contributed by atoms with Gasteiger partial charge in [0.05, 0.1) is 27.9 Å². The predicted molar refractivity (Wildman–Crippen MR) is 105 cm³/mol. The number of hydrogen-bond donors (Lipinski definition) is 1. The summed E-state index contributed by atoms with van der Waals surface area (Å²) in [6.07, 6.45) is -2.59. The number of ether oxygens (including phenoxy) is 1. The number of aromatic amines is 1. The maximum absolute atomic E-state index is 15.0. The predicted octanol–water partition coefficient (Wildman–Crippen LogP) is 5.54. The number of thiazole rings is 1. The van der Waals surface area contributed by atoms with E-state index >= 15 is 4.39 Å². The lowest BCUT2D eigenvalue weighted by atomic mass is 10.0. The van der Waals surface area contributed by atoms with Gasteiger partial charge in [0.1, 0.15) is 18.5 Å². The van der Waals surface area contributed by atoms with Gasteiger partial charge in [-0.25, -0.2) is 19.2 Å². The minimum absolute atomic E-state index is 0.0606. The topological polar surface area (TPSA) is 71.1 Å². The molecule has 1 fully saturated rings. The Hall–Kier alpha value is -3.47. The fourth-order valence-electron chi connectivity index (χ4n) is 3.50. The second-order valence-corrected chi connectivity index (χ2v) is 7.86. The van der Waals surface area contributed by atoms with E-state index in [-0.39, 0.29) is 22.6 Å². The molecular weight excluding hydrogens is 436 g/mol. The molecule has 0 saturated carbocycles. The Balaban J connectivity index is 1.48. The van der Waals surface area contributed by atoms with Crippen LogP contribution in [0.1, 0.15) is 16.6 Å². The van der Waals surface area contributed by atoms with E-state index in [0.717, 1.165) is 12.3 Å². The van der Waals surface area contributed by atoms with Gasteiger partial charge in [-0.05, 0) is 29.8 Å². The lowest BCUT2D eigenvalue weighted by molar-refractivity contribution is -0.137. The summed E-state index contributed by atoms with van der Waals surface area (Å²) in [6.45, 7) is -0.0606. The van der Waals surface area contributed by atoms with E-state index in [2.05, 4.69) is 15.0 Å². The van der Waals surface area contributed by atoms with Gasteiger partial charge in [0.2, 0.25) is 0 Å². The highest BCUT2D eigenvalue weighted by atomic mass is 32.1. The van der Waals surface area contributed by atoms with E-state index in [9.17, 15) is 18.0 Å². The average molecular weight is 448 g/mol. The molecule has 6 nitrogen and oxygen atoms in total. The van der Waals surface area contributed by atoms with Crippen molar-refractivity contribution >= 4 is 34.2 Å². The first-order chi connectivity index (χ1) is 14.8. The molecule has 0 radical (unpaired) electrons. The number of benzene rings is 2. The molecule has 5 rings (SSSR count). The largest absolute Gasteiger partial charge is 0.447 e. The molecule has 1 saturated heterocycles. The lowest BCUT2D eigenvalue weighted by Gasteiger charge is -2.22. The number of hydrogen-bond acceptors (Lipinski definition) is 5. The van der Waals surface area contributed by atoms with Gasteiger partial charge in [0.25, 0.3) is 0 Å². The molecule has 0 bridgehead atoms. The van der Waals surface area contributed by atoms with Gasteiger partial charge in [-0.3, -0.25) is 4.90 Å². The van der Waals surface area contributed by atoms with Crippen molar-refractivity contribution in [1.82, 2.24) is 15.0 Å². The monoisotopic (exact) mass is 448 g/mol. The molecule has 2 aromatic heterocycles. The summed E-state index contributed by atoms with van der Waals surface area (Å²) in [7, 11) is 0.